The van der Waals surface area contributed by atoms with Gasteiger partial charge in [0, 0.05) is 25.7 Å². The molecular formula is C27H30ClN5O5S. The van der Waals surface area contributed by atoms with E-state index < -0.39 is 27.9 Å². The normalized spacial score (nSPS) is 21.9. The van der Waals surface area contributed by atoms with Gasteiger partial charge in [0.1, 0.15) is 5.76 Å². The molecule has 12 heteroatoms. The van der Waals surface area contributed by atoms with E-state index in [2.05, 4.69) is 20.9 Å². The van der Waals surface area contributed by atoms with Crippen molar-refractivity contribution in [3.63, 3.8) is 0 Å². The second-order valence-electron chi connectivity index (χ2n) is 9.78. The van der Waals surface area contributed by atoms with Gasteiger partial charge in [-0.3, -0.25) is 9.59 Å². The van der Waals surface area contributed by atoms with Gasteiger partial charge in [0.2, 0.25) is 21.8 Å². The number of nitrogens with zero attached hydrogens (tertiary/aromatic N) is 2. The molecule has 3 N–H and O–H groups in total. The van der Waals surface area contributed by atoms with E-state index in [4.69, 9.17) is 16.0 Å². The van der Waals surface area contributed by atoms with Crippen molar-refractivity contribution in [3.05, 3.63) is 71.1 Å². The second-order valence-corrected chi connectivity index (χ2v) is 12.1. The minimum Gasteiger partial charge on any atom is -0.441 e. The van der Waals surface area contributed by atoms with E-state index in [-0.39, 0.29) is 47.3 Å². The maximum atomic E-state index is 13.4. The standard InChI is InChI=1S/C27H30ClN5O5S/c1-17-24(32-27(38-17)20-11-5-6-12-22(20)28)26(35)31-23-16-33(39(36,37)19-9-3-2-4-10-19)15-21(23)25(34)30-18-8-7-13-29-14-18/h2-6,9-12,18,21,23,29H,7-8,13-16H2,1H3,(H,30,34)(H,31,35)/t18-,21-,23-/m0/s1. The summed E-state index contributed by atoms with van der Waals surface area (Å²) in [4.78, 5) is 31.2. The fraction of sp³-hybridized carbons (Fsp3) is 0.370. The second kappa shape index (κ2) is 11.5. The van der Waals surface area contributed by atoms with Gasteiger partial charge >= 0.3 is 0 Å². The lowest BCUT2D eigenvalue weighted by Crippen LogP contribution is -2.51. The summed E-state index contributed by atoms with van der Waals surface area (Å²) in [6, 6.07) is 14.2. The summed E-state index contributed by atoms with van der Waals surface area (Å²) in [6.07, 6.45) is 1.76. The molecule has 10 nitrogen and oxygen atoms in total. The van der Waals surface area contributed by atoms with Crippen LogP contribution in [0.1, 0.15) is 29.1 Å². The van der Waals surface area contributed by atoms with Gasteiger partial charge in [0.25, 0.3) is 5.91 Å². The average molecular weight is 572 g/mol. The molecule has 2 aromatic carbocycles. The fourth-order valence-electron chi connectivity index (χ4n) is 4.99. The molecule has 0 bridgehead atoms. The highest BCUT2D eigenvalue weighted by molar-refractivity contribution is 7.89. The molecule has 39 heavy (non-hydrogen) atoms. The molecule has 1 aromatic heterocycles. The molecule has 2 fully saturated rings. The number of piperidine rings is 1. The molecule has 3 heterocycles. The lowest BCUT2D eigenvalue weighted by atomic mass is 10.0. The highest BCUT2D eigenvalue weighted by atomic mass is 35.5. The summed E-state index contributed by atoms with van der Waals surface area (Å²) < 4.78 is 33.7. The third kappa shape index (κ3) is 5.86. The van der Waals surface area contributed by atoms with E-state index >= 15 is 0 Å². The van der Waals surface area contributed by atoms with Crippen LogP contribution in [0.2, 0.25) is 5.02 Å². The number of oxazole rings is 1. The Balaban J connectivity index is 1.38. The van der Waals surface area contributed by atoms with Crippen molar-refractivity contribution < 1.29 is 22.4 Å². The quantitative estimate of drug-likeness (QED) is 0.397. The number of halogens is 1. The van der Waals surface area contributed by atoms with Crippen LogP contribution < -0.4 is 16.0 Å². The molecule has 0 unspecified atom stereocenters. The van der Waals surface area contributed by atoms with E-state index in [1.165, 1.54) is 16.4 Å². The predicted molar refractivity (Wildman–Crippen MR) is 146 cm³/mol. The lowest BCUT2D eigenvalue weighted by Gasteiger charge is -2.26. The Bertz CT molecular complexity index is 1460. The first-order chi connectivity index (χ1) is 18.7. The topological polar surface area (TPSA) is 134 Å². The zero-order chi connectivity index (χ0) is 27.6. The molecule has 2 aliphatic heterocycles. The minimum absolute atomic E-state index is 0.0462. The number of benzene rings is 2. The zero-order valence-electron chi connectivity index (χ0n) is 21.4. The van der Waals surface area contributed by atoms with Crippen molar-refractivity contribution in [1.29, 1.82) is 0 Å². The highest BCUT2D eigenvalue weighted by Gasteiger charge is 2.44. The van der Waals surface area contributed by atoms with Crippen LogP contribution in [0.3, 0.4) is 0 Å². The molecule has 5 rings (SSSR count). The van der Waals surface area contributed by atoms with E-state index in [9.17, 15) is 18.0 Å². The summed E-state index contributed by atoms with van der Waals surface area (Å²) in [5.41, 5.74) is 0.589. The number of hydrogen-bond acceptors (Lipinski definition) is 7. The van der Waals surface area contributed by atoms with Gasteiger partial charge in [0.15, 0.2) is 5.69 Å². The first kappa shape index (κ1) is 27.3. The van der Waals surface area contributed by atoms with Crippen LogP contribution in [-0.4, -0.2) is 67.8 Å². The van der Waals surface area contributed by atoms with E-state index in [0.29, 0.717) is 17.1 Å². The lowest BCUT2D eigenvalue weighted by molar-refractivity contribution is -0.125. The summed E-state index contributed by atoms with van der Waals surface area (Å²) in [7, 11) is -3.88. The van der Waals surface area contributed by atoms with Crippen LogP contribution in [0, 0.1) is 12.8 Å². The number of hydrogen-bond donors (Lipinski definition) is 3. The summed E-state index contributed by atoms with van der Waals surface area (Å²) >= 11 is 6.27. The van der Waals surface area contributed by atoms with Crippen molar-refractivity contribution >= 4 is 33.4 Å². The largest absolute Gasteiger partial charge is 0.441 e. The number of carbonyl (C=O) groups excluding carboxylic acids is 2. The van der Waals surface area contributed by atoms with E-state index in [1.54, 1.807) is 49.4 Å². The predicted octanol–water partition coefficient (Wildman–Crippen LogP) is 2.59. The number of sulfonamides is 1. The molecule has 2 saturated heterocycles. The van der Waals surface area contributed by atoms with Crippen molar-refractivity contribution in [3.8, 4) is 11.5 Å². The summed E-state index contributed by atoms with van der Waals surface area (Å²) in [5.74, 6) is -1.17. The molecule has 2 amide bonds. The van der Waals surface area contributed by atoms with Crippen LogP contribution >= 0.6 is 11.6 Å². The number of rotatable bonds is 7. The first-order valence-electron chi connectivity index (χ1n) is 12.8. The SMILES string of the molecule is Cc1oc(-c2ccccc2Cl)nc1C(=O)N[C@H]1CN(S(=O)(=O)c2ccccc2)C[C@@H]1C(=O)N[C@H]1CCCNC1. The molecule has 3 aromatic rings. The first-order valence-corrected chi connectivity index (χ1v) is 14.7. The van der Waals surface area contributed by atoms with Crippen LogP contribution in [0.15, 0.2) is 63.9 Å². The molecule has 2 aliphatic rings. The van der Waals surface area contributed by atoms with Gasteiger partial charge in [-0.2, -0.15) is 4.31 Å². The third-order valence-electron chi connectivity index (χ3n) is 7.08. The number of carbonyl (C=O) groups is 2. The van der Waals surface area contributed by atoms with Gasteiger partial charge in [0.05, 0.1) is 27.4 Å². The zero-order valence-corrected chi connectivity index (χ0v) is 23.0. The van der Waals surface area contributed by atoms with Crippen LogP contribution in [0.5, 0.6) is 0 Å². The molecule has 0 spiro atoms. The number of aromatic nitrogens is 1. The van der Waals surface area contributed by atoms with Gasteiger partial charge in [-0.25, -0.2) is 13.4 Å². The van der Waals surface area contributed by atoms with Crippen molar-refractivity contribution in [1.82, 2.24) is 25.2 Å². The van der Waals surface area contributed by atoms with Crippen LogP contribution in [0.4, 0.5) is 0 Å². The molecule has 206 valence electrons. The molecular weight excluding hydrogens is 542 g/mol. The van der Waals surface area contributed by atoms with Gasteiger partial charge < -0.3 is 20.4 Å². The fourth-order valence-corrected chi connectivity index (χ4v) is 6.72. The van der Waals surface area contributed by atoms with Crippen molar-refractivity contribution in [2.24, 2.45) is 5.92 Å². The smallest absolute Gasteiger partial charge is 0.273 e. The van der Waals surface area contributed by atoms with Crippen LogP contribution in [0.25, 0.3) is 11.5 Å². The van der Waals surface area contributed by atoms with Crippen molar-refractivity contribution in [2.45, 2.75) is 36.7 Å². The Morgan fingerprint density at radius 2 is 1.82 bits per heavy atom. The Morgan fingerprint density at radius 3 is 2.54 bits per heavy atom. The average Bonchev–Trinajstić information content (AvgIpc) is 3.54. The maximum absolute atomic E-state index is 13.4. The van der Waals surface area contributed by atoms with Gasteiger partial charge in [-0.1, -0.05) is 41.9 Å². The number of nitrogens with one attached hydrogen (secondary N) is 3. The Labute approximate surface area is 232 Å². The number of aryl methyl sites for hydroxylation is 1. The van der Waals surface area contributed by atoms with E-state index in [1.807, 2.05) is 0 Å². The number of amides is 2. The van der Waals surface area contributed by atoms with Crippen LogP contribution in [-0.2, 0) is 14.8 Å². The third-order valence-corrected chi connectivity index (χ3v) is 9.26. The maximum Gasteiger partial charge on any atom is 0.273 e. The highest BCUT2D eigenvalue weighted by Crippen LogP contribution is 2.29. The summed E-state index contributed by atoms with van der Waals surface area (Å²) in [5, 5.41) is 9.58. The molecule has 0 aliphatic carbocycles. The Morgan fingerprint density at radius 1 is 1.08 bits per heavy atom. The van der Waals surface area contributed by atoms with Crippen molar-refractivity contribution in [2.75, 3.05) is 26.2 Å². The molecule has 0 saturated carbocycles. The molecule has 0 radical (unpaired) electrons. The van der Waals surface area contributed by atoms with E-state index in [0.717, 1.165) is 19.4 Å². The van der Waals surface area contributed by atoms with Gasteiger partial charge in [-0.05, 0) is 50.6 Å². The minimum atomic E-state index is -3.88. The Kier molecular flexibility index (Phi) is 8.03. The molecule has 3 atom stereocenters. The Hall–Kier alpha value is -3.25. The summed E-state index contributed by atoms with van der Waals surface area (Å²) in [6.45, 7) is 3.04. The monoisotopic (exact) mass is 571 g/mol. The van der Waals surface area contributed by atoms with Gasteiger partial charge in [-0.15, -0.1) is 0 Å².